The molecule has 0 spiro atoms. The number of terminal acetylenes is 1. The summed E-state index contributed by atoms with van der Waals surface area (Å²) < 4.78 is 32.1. The molecule has 31 heavy (non-hydrogen) atoms. The lowest BCUT2D eigenvalue weighted by Gasteiger charge is -2.34. The average Bonchev–Trinajstić information content (AvgIpc) is 3.13. The van der Waals surface area contributed by atoms with Crippen molar-refractivity contribution in [1.29, 1.82) is 0 Å². The van der Waals surface area contributed by atoms with Crippen molar-refractivity contribution < 1.29 is 23.2 Å². The van der Waals surface area contributed by atoms with E-state index in [4.69, 9.17) is 11.2 Å². The first kappa shape index (κ1) is 22.8. The highest BCUT2D eigenvalue weighted by molar-refractivity contribution is 7.91. The predicted molar refractivity (Wildman–Crippen MR) is 117 cm³/mol. The summed E-state index contributed by atoms with van der Waals surface area (Å²) in [4.78, 5) is 14.2. The molecule has 1 atom stereocenters. The van der Waals surface area contributed by atoms with Crippen LogP contribution in [0.1, 0.15) is 24.0 Å². The Balaban J connectivity index is 1.83. The van der Waals surface area contributed by atoms with Crippen LogP contribution in [0.2, 0.25) is 0 Å². The molecular formula is C23H26N2O5S. The van der Waals surface area contributed by atoms with Crippen LogP contribution in [-0.4, -0.2) is 48.8 Å². The number of benzene rings is 2. The van der Waals surface area contributed by atoms with Gasteiger partial charge in [0, 0.05) is 6.54 Å². The monoisotopic (exact) mass is 442 g/mol. The summed E-state index contributed by atoms with van der Waals surface area (Å²) in [6.07, 6.45) is 6.28. The number of amides is 1. The van der Waals surface area contributed by atoms with Crippen molar-refractivity contribution in [1.82, 2.24) is 10.4 Å². The Morgan fingerprint density at radius 1 is 1.19 bits per heavy atom. The second-order valence-corrected chi connectivity index (χ2v) is 9.77. The summed E-state index contributed by atoms with van der Waals surface area (Å²) in [6.45, 7) is 4.60. The van der Waals surface area contributed by atoms with E-state index in [1.54, 1.807) is 22.5 Å². The number of carbonyl (C=O) groups is 1. The van der Waals surface area contributed by atoms with Crippen LogP contribution in [-0.2, 0) is 14.6 Å². The Morgan fingerprint density at radius 3 is 2.48 bits per heavy atom. The molecule has 1 amide bonds. The molecule has 1 aliphatic rings. The van der Waals surface area contributed by atoms with E-state index in [0.29, 0.717) is 24.5 Å². The van der Waals surface area contributed by atoms with Crippen LogP contribution in [0.25, 0.3) is 0 Å². The number of ether oxygens (including phenoxy) is 1. The van der Waals surface area contributed by atoms with Crippen molar-refractivity contribution in [2.24, 2.45) is 0 Å². The van der Waals surface area contributed by atoms with Gasteiger partial charge in [-0.2, -0.15) is 0 Å². The molecule has 1 unspecified atom stereocenters. The second-order valence-electron chi connectivity index (χ2n) is 7.78. The van der Waals surface area contributed by atoms with Crippen molar-refractivity contribution in [3.05, 3.63) is 53.6 Å². The number of sulfone groups is 1. The minimum absolute atomic E-state index is 0.0672. The van der Waals surface area contributed by atoms with E-state index in [1.165, 1.54) is 12.1 Å². The summed E-state index contributed by atoms with van der Waals surface area (Å²) >= 11 is 0. The maximum atomic E-state index is 13.1. The molecule has 1 saturated heterocycles. The van der Waals surface area contributed by atoms with E-state index in [9.17, 15) is 18.4 Å². The molecule has 164 valence electrons. The number of nitrogens with one attached hydrogen (secondary N) is 1. The highest BCUT2D eigenvalue weighted by Gasteiger charge is 2.50. The molecular weight excluding hydrogens is 416 g/mol. The maximum absolute atomic E-state index is 13.1. The topological polar surface area (TPSA) is 95.9 Å². The lowest BCUT2D eigenvalue weighted by atomic mass is 9.98. The van der Waals surface area contributed by atoms with E-state index >= 15 is 0 Å². The van der Waals surface area contributed by atoms with Crippen LogP contribution >= 0.6 is 0 Å². The Labute approximate surface area is 182 Å². The van der Waals surface area contributed by atoms with E-state index in [2.05, 4.69) is 5.92 Å². The number of nitrogens with zero attached hydrogens (tertiary/aromatic N) is 1. The minimum Gasteiger partial charge on any atom is -0.457 e. The van der Waals surface area contributed by atoms with Gasteiger partial charge in [0.05, 0.1) is 17.2 Å². The molecule has 3 rings (SSSR count). The van der Waals surface area contributed by atoms with Gasteiger partial charge in [0.25, 0.3) is 5.91 Å². The van der Waals surface area contributed by atoms with E-state index in [1.807, 2.05) is 32.0 Å². The number of hydrogen-bond acceptors (Lipinski definition) is 6. The zero-order chi connectivity index (χ0) is 22.6. The molecule has 2 aromatic rings. The molecule has 1 heterocycles. The fraction of sp³-hybridized carbons (Fsp3) is 0.348. The molecule has 0 aliphatic carbocycles. The lowest BCUT2D eigenvalue weighted by Crippen LogP contribution is -2.58. The van der Waals surface area contributed by atoms with Crippen molar-refractivity contribution >= 4 is 15.7 Å². The predicted octanol–water partition coefficient (Wildman–Crippen LogP) is 2.84. The summed E-state index contributed by atoms with van der Waals surface area (Å²) in [6, 6.07) is 11.8. The van der Waals surface area contributed by atoms with E-state index in [0.717, 1.165) is 11.1 Å². The molecule has 1 fully saturated rings. The molecule has 2 aromatic carbocycles. The molecule has 0 radical (unpaired) electrons. The maximum Gasteiger partial charge on any atom is 0.264 e. The normalized spacial score (nSPS) is 19.0. The van der Waals surface area contributed by atoms with Crippen LogP contribution < -0.4 is 10.2 Å². The fourth-order valence-corrected chi connectivity index (χ4v) is 5.70. The Hall–Kier alpha value is -2.86. The van der Waals surface area contributed by atoms with Crippen molar-refractivity contribution in [3.63, 3.8) is 0 Å². The van der Waals surface area contributed by atoms with Crippen LogP contribution in [0, 0.1) is 26.2 Å². The van der Waals surface area contributed by atoms with Gasteiger partial charge in [-0.1, -0.05) is 12.0 Å². The van der Waals surface area contributed by atoms with Gasteiger partial charge in [-0.25, -0.2) is 13.9 Å². The first-order valence-electron chi connectivity index (χ1n) is 9.93. The number of rotatable bonds is 7. The van der Waals surface area contributed by atoms with Gasteiger partial charge in [-0.15, -0.1) is 6.42 Å². The van der Waals surface area contributed by atoms with Crippen LogP contribution in [0.4, 0.5) is 0 Å². The molecule has 0 bridgehead atoms. The summed E-state index contributed by atoms with van der Waals surface area (Å²) in [5, 5.41) is 9.24. The van der Waals surface area contributed by atoms with Gasteiger partial charge in [-0.05, 0) is 74.2 Å². The van der Waals surface area contributed by atoms with Gasteiger partial charge in [0.1, 0.15) is 17.0 Å². The van der Waals surface area contributed by atoms with E-state index < -0.39 is 27.0 Å². The largest absolute Gasteiger partial charge is 0.457 e. The quantitative estimate of drug-likeness (QED) is 0.389. The summed E-state index contributed by atoms with van der Waals surface area (Å²) in [5.74, 6) is 2.37. The van der Waals surface area contributed by atoms with Crippen LogP contribution in [0.3, 0.4) is 0 Å². The molecule has 7 nitrogen and oxygen atoms in total. The molecule has 1 aliphatic heterocycles. The second kappa shape index (κ2) is 9.10. The molecule has 8 heteroatoms. The number of hydroxylamine groups is 1. The Morgan fingerprint density at radius 2 is 1.87 bits per heavy atom. The smallest absolute Gasteiger partial charge is 0.264 e. The third kappa shape index (κ3) is 4.74. The van der Waals surface area contributed by atoms with Crippen molar-refractivity contribution in [2.75, 3.05) is 18.8 Å². The molecule has 2 N–H and O–H groups in total. The SMILES string of the molecule is C#CCN1CCCC1(CS(=O)(=O)c1ccc(Oc2ccc(C)c(C)c2)cc1)C(=O)NO. The van der Waals surface area contributed by atoms with Crippen molar-refractivity contribution in [2.45, 2.75) is 37.1 Å². The number of carbonyl (C=O) groups excluding carboxylic acids is 1. The third-order valence-corrected chi connectivity index (χ3v) is 7.60. The first-order valence-corrected chi connectivity index (χ1v) is 11.6. The average molecular weight is 443 g/mol. The fourth-order valence-electron chi connectivity index (χ4n) is 3.89. The van der Waals surface area contributed by atoms with Gasteiger partial charge < -0.3 is 4.74 Å². The van der Waals surface area contributed by atoms with Gasteiger partial charge >= 0.3 is 0 Å². The minimum atomic E-state index is -3.85. The number of likely N-dealkylation sites (tertiary alicyclic amines) is 1. The van der Waals surface area contributed by atoms with Crippen molar-refractivity contribution in [3.8, 4) is 23.8 Å². The highest BCUT2D eigenvalue weighted by Crippen LogP contribution is 2.33. The third-order valence-electron chi connectivity index (χ3n) is 5.76. The zero-order valence-electron chi connectivity index (χ0n) is 17.6. The zero-order valence-corrected chi connectivity index (χ0v) is 18.4. The van der Waals surface area contributed by atoms with Crippen LogP contribution in [0.15, 0.2) is 47.4 Å². The first-order chi connectivity index (χ1) is 14.7. The van der Waals surface area contributed by atoms with Gasteiger partial charge in [-0.3, -0.25) is 14.9 Å². The standard InChI is InChI=1S/C23H26N2O5S/c1-4-13-25-14-5-12-23(25,22(26)24-27)16-31(28,29)21-10-8-19(9-11-21)30-20-7-6-17(2)18(3)15-20/h1,6-11,15,27H,5,12-14,16H2,2-3H3,(H,24,26). The van der Waals surface area contributed by atoms with Crippen LogP contribution in [0.5, 0.6) is 11.5 Å². The van der Waals surface area contributed by atoms with E-state index in [-0.39, 0.29) is 17.9 Å². The lowest BCUT2D eigenvalue weighted by molar-refractivity contribution is -0.139. The summed E-state index contributed by atoms with van der Waals surface area (Å²) in [5.41, 5.74) is 2.46. The number of aryl methyl sites for hydroxylation is 2. The van der Waals surface area contributed by atoms with Gasteiger partial charge in [0.2, 0.25) is 0 Å². The summed E-state index contributed by atoms with van der Waals surface area (Å²) in [7, 11) is -3.85. The molecule has 0 saturated carbocycles. The molecule has 0 aromatic heterocycles. The number of hydrogen-bond donors (Lipinski definition) is 2. The highest BCUT2D eigenvalue weighted by atomic mass is 32.2. The van der Waals surface area contributed by atoms with Gasteiger partial charge in [0.15, 0.2) is 9.84 Å². The Kier molecular flexibility index (Phi) is 6.70. The Bertz CT molecular complexity index is 1110.